The molecule has 0 saturated heterocycles. The van der Waals surface area contributed by atoms with Crippen LogP contribution in [0.4, 0.5) is 0 Å². The maximum Gasteiger partial charge on any atom is 0.171 e. The average Bonchev–Trinajstić information content (AvgIpc) is 1.87. The molecule has 0 amide bonds. The van der Waals surface area contributed by atoms with Crippen LogP contribution in [0, 0.1) is 5.21 Å². The van der Waals surface area contributed by atoms with Crippen molar-refractivity contribution in [2.24, 2.45) is 5.73 Å². The Morgan fingerprint density at radius 3 is 2.45 bits per heavy atom. The molecule has 0 saturated carbocycles. The smallest absolute Gasteiger partial charge is 0.171 e. The minimum atomic E-state index is 0.191. The summed E-state index contributed by atoms with van der Waals surface area (Å²) >= 11 is 0. The van der Waals surface area contributed by atoms with Gasteiger partial charge in [-0.15, -0.1) is 0 Å². The van der Waals surface area contributed by atoms with Gasteiger partial charge in [-0.3, -0.25) is 0 Å². The third-order valence-electron chi connectivity index (χ3n) is 1.47. The van der Waals surface area contributed by atoms with Crippen LogP contribution in [0.1, 0.15) is 20.3 Å². The number of hydrazone groups is 1. The first-order valence-corrected chi connectivity index (χ1v) is 3.84. The summed E-state index contributed by atoms with van der Waals surface area (Å²) < 4.78 is 0. The molecule has 0 aliphatic rings. The Kier molecular flexibility index (Phi) is 4.61. The topological polar surface area (TPSA) is 55.3 Å². The van der Waals surface area contributed by atoms with E-state index in [4.69, 9.17) is 5.73 Å². The molecule has 0 unspecified atom stereocenters. The molecule has 0 atom stereocenters. The van der Waals surface area contributed by atoms with Crippen molar-refractivity contribution in [1.29, 1.82) is 0 Å². The summed E-state index contributed by atoms with van der Waals surface area (Å²) in [6.07, 6.45) is 0.826. The summed E-state index contributed by atoms with van der Waals surface area (Å²) in [4.78, 5) is 0.625. The van der Waals surface area contributed by atoms with E-state index >= 15 is 0 Å². The summed E-state index contributed by atoms with van der Waals surface area (Å²) in [6, 6.07) is 0.191. The Morgan fingerprint density at radius 1 is 1.64 bits per heavy atom. The minimum absolute atomic E-state index is 0.191. The lowest BCUT2D eigenvalue weighted by Gasteiger charge is -2.23. The number of nitrogens with zero attached hydrogens (tertiary/aromatic N) is 2. The largest absolute Gasteiger partial charge is 0.597 e. The zero-order valence-corrected chi connectivity index (χ0v) is 7.29. The maximum atomic E-state index is 10.8. The number of nitrogens with two attached hydrogens (primary N) is 1. The van der Waals surface area contributed by atoms with Gasteiger partial charge in [0.2, 0.25) is 0 Å². The van der Waals surface area contributed by atoms with E-state index in [0.717, 1.165) is 6.42 Å². The van der Waals surface area contributed by atoms with E-state index < -0.39 is 0 Å². The summed E-state index contributed by atoms with van der Waals surface area (Å²) in [5.41, 5.74) is 5.31. The summed E-state index contributed by atoms with van der Waals surface area (Å²) in [5, 5.41) is 12.4. The highest BCUT2D eigenvalue weighted by Crippen LogP contribution is 1.97. The lowest BCUT2D eigenvalue weighted by molar-refractivity contribution is -0.638. The second-order valence-corrected chi connectivity index (χ2v) is 2.75. The summed E-state index contributed by atoms with van der Waals surface area (Å²) in [5.74, 6) is 0. The van der Waals surface area contributed by atoms with Crippen LogP contribution in [0.3, 0.4) is 0 Å². The van der Waals surface area contributed by atoms with E-state index in [2.05, 4.69) is 6.72 Å². The first-order valence-electron chi connectivity index (χ1n) is 3.84. The van der Waals surface area contributed by atoms with E-state index in [0.29, 0.717) is 17.9 Å². The van der Waals surface area contributed by atoms with Crippen LogP contribution in [0.25, 0.3) is 0 Å². The van der Waals surface area contributed by atoms with E-state index in [1.54, 1.807) is 5.01 Å². The van der Waals surface area contributed by atoms with Crippen LogP contribution < -0.4 is 5.73 Å². The van der Waals surface area contributed by atoms with Gasteiger partial charge < -0.3 is 10.9 Å². The molecule has 0 aromatic rings. The molecule has 0 aliphatic heterocycles. The van der Waals surface area contributed by atoms with Crippen LogP contribution in [0.15, 0.2) is 0 Å². The van der Waals surface area contributed by atoms with Crippen molar-refractivity contribution in [2.75, 3.05) is 13.1 Å². The molecule has 0 spiro atoms. The highest BCUT2D eigenvalue weighted by atomic mass is 16.5. The fourth-order valence-corrected chi connectivity index (χ4v) is 0.881. The minimum Gasteiger partial charge on any atom is -0.597 e. The van der Waals surface area contributed by atoms with Gasteiger partial charge in [0.25, 0.3) is 0 Å². The Bertz CT molecular complexity index is 125. The molecular weight excluding hydrogens is 142 g/mol. The highest BCUT2D eigenvalue weighted by molar-refractivity contribution is 5.14. The molecule has 0 aliphatic carbocycles. The monoisotopic (exact) mass is 159 g/mol. The third-order valence-corrected chi connectivity index (χ3v) is 1.47. The predicted molar refractivity (Wildman–Crippen MR) is 46.3 cm³/mol. The molecule has 66 valence electrons. The summed E-state index contributed by atoms with van der Waals surface area (Å²) in [6.45, 7) is 8.47. The van der Waals surface area contributed by atoms with Crippen LogP contribution in [-0.2, 0) is 0 Å². The molecule has 2 N–H and O–H groups in total. The summed E-state index contributed by atoms with van der Waals surface area (Å²) in [7, 11) is 0. The Hall–Kier alpha value is -0.770. The number of rotatable bonds is 5. The number of hydrogen-bond acceptors (Lipinski definition) is 3. The number of hydrogen-bond donors (Lipinski definition) is 1. The van der Waals surface area contributed by atoms with Gasteiger partial charge in [-0.1, -0.05) is 4.85 Å². The van der Waals surface area contributed by atoms with Crippen molar-refractivity contribution < 1.29 is 4.85 Å². The van der Waals surface area contributed by atoms with Crippen LogP contribution >= 0.6 is 0 Å². The van der Waals surface area contributed by atoms with E-state index in [-0.39, 0.29) is 6.04 Å². The Balaban J connectivity index is 3.80. The molecule has 4 heteroatoms. The molecular formula is C7H17N3O. The van der Waals surface area contributed by atoms with Gasteiger partial charge in [-0.05, 0) is 26.8 Å². The van der Waals surface area contributed by atoms with Crippen molar-refractivity contribution in [2.45, 2.75) is 26.3 Å². The standard InChI is InChI=1S/C7H17N3O/c1-7(2)10(9(3)11)6-4-5-8/h7H,3-6,8H2,1-2H3. The maximum absolute atomic E-state index is 10.8. The molecule has 0 fully saturated rings. The Morgan fingerprint density at radius 2 is 2.18 bits per heavy atom. The SMILES string of the molecule is C=[N+]([O-])N(CCCN)C(C)C. The van der Waals surface area contributed by atoms with Gasteiger partial charge in [-0.25, -0.2) is 0 Å². The van der Waals surface area contributed by atoms with Gasteiger partial charge >= 0.3 is 0 Å². The van der Waals surface area contributed by atoms with E-state index in [1.165, 1.54) is 0 Å². The van der Waals surface area contributed by atoms with Gasteiger partial charge in [0.1, 0.15) is 0 Å². The lowest BCUT2D eigenvalue weighted by Crippen LogP contribution is -2.38. The van der Waals surface area contributed by atoms with Crippen molar-refractivity contribution >= 4 is 6.72 Å². The molecule has 0 heterocycles. The van der Waals surface area contributed by atoms with Gasteiger partial charge in [0.15, 0.2) is 6.72 Å². The molecule has 0 aromatic heterocycles. The van der Waals surface area contributed by atoms with Crippen LogP contribution in [-0.4, -0.2) is 35.7 Å². The predicted octanol–water partition coefficient (Wildman–Crippen LogP) is 0.172. The quantitative estimate of drug-likeness (QED) is 0.269. The van der Waals surface area contributed by atoms with Gasteiger partial charge in [-0.2, -0.15) is 5.01 Å². The van der Waals surface area contributed by atoms with Gasteiger partial charge in [0, 0.05) is 0 Å². The highest BCUT2D eigenvalue weighted by Gasteiger charge is 2.11. The average molecular weight is 159 g/mol. The van der Waals surface area contributed by atoms with Crippen LogP contribution in [0.5, 0.6) is 0 Å². The molecule has 0 aromatic carbocycles. The number of hydrazine groups is 1. The normalized spacial score (nSPS) is 10.2. The molecule has 0 bridgehead atoms. The van der Waals surface area contributed by atoms with Gasteiger partial charge in [0.05, 0.1) is 12.6 Å². The zero-order valence-electron chi connectivity index (χ0n) is 7.29. The second-order valence-electron chi connectivity index (χ2n) is 2.75. The fourth-order valence-electron chi connectivity index (χ4n) is 0.881. The molecule has 0 radical (unpaired) electrons. The van der Waals surface area contributed by atoms with E-state index in [9.17, 15) is 5.21 Å². The lowest BCUT2D eigenvalue weighted by atomic mass is 10.3. The molecule has 11 heavy (non-hydrogen) atoms. The van der Waals surface area contributed by atoms with E-state index in [1.807, 2.05) is 13.8 Å². The van der Waals surface area contributed by atoms with Crippen LogP contribution in [0.2, 0.25) is 0 Å². The molecule has 0 rings (SSSR count). The van der Waals surface area contributed by atoms with Crippen molar-refractivity contribution in [3.63, 3.8) is 0 Å². The first kappa shape index (κ1) is 10.2. The van der Waals surface area contributed by atoms with Crippen molar-refractivity contribution in [3.05, 3.63) is 5.21 Å². The Labute approximate surface area is 67.9 Å². The molecule has 4 nitrogen and oxygen atoms in total. The zero-order chi connectivity index (χ0) is 8.85. The fraction of sp³-hybridized carbons (Fsp3) is 0.857. The van der Waals surface area contributed by atoms with Crippen molar-refractivity contribution in [1.82, 2.24) is 5.01 Å². The third kappa shape index (κ3) is 3.83. The second kappa shape index (κ2) is 4.96. The first-order chi connectivity index (χ1) is 5.09. The van der Waals surface area contributed by atoms with Crippen molar-refractivity contribution in [3.8, 4) is 0 Å².